The van der Waals surface area contributed by atoms with E-state index in [0.29, 0.717) is 6.10 Å². The summed E-state index contributed by atoms with van der Waals surface area (Å²) in [6.07, 6.45) is 4.47. The molecule has 2 heteroatoms. The molecule has 14 heavy (non-hydrogen) atoms. The van der Waals surface area contributed by atoms with E-state index in [9.17, 15) is 0 Å². The Hall–Kier alpha value is -0.0800. The van der Waals surface area contributed by atoms with Crippen molar-refractivity contribution in [3.05, 3.63) is 0 Å². The van der Waals surface area contributed by atoms with Gasteiger partial charge in [0.25, 0.3) is 0 Å². The average molecular weight is 199 g/mol. The molecule has 2 unspecified atom stereocenters. The number of piperidine rings is 1. The molecule has 2 nitrogen and oxygen atoms in total. The van der Waals surface area contributed by atoms with Crippen LogP contribution in [0.2, 0.25) is 0 Å². The maximum absolute atomic E-state index is 5.39. The SMILES string of the molecule is CC.COC1CC2CC(C1)N2C(C)C. The van der Waals surface area contributed by atoms with Crippen molar-refractivity contribution >= 4 is 0 Å². The van der Waals surface area contributed by atoms with Crippen molar-refractivity contribution < 1.29 is 4.74 Å². The standard InChI is InChI=1S/C10H19NO.C2H6/c1-7(2)11-8-4-9(11)6-10(5-8)12-3;1-2/h7-10H,4-6H2,1-3H3;1-2H3. The van der Waals surface area contributed by atoms with Crippen LogP contribution in [0.1, 0.15) is 47.0 Å². The predicted octanol–water partition coefficient (Wildman–Crippen LogP) is 2.67. The van der Waals surface area contributed by atoms with Crippen molar-refractivity contribution in [2.75, 3.05) is 7.11 Å². The Morgan fingerprint density at radius 1 is 1.07 bits per heavy atom. The van der Waals surface area contributed by atoms with E-state index in [1.807, 2.05) is 21.0 Å². The molecule has 0 aromatic heterocycles. The summed E-state index contributed by atoms with van der Waals surface area (Å²) in [5, 5.41) is 0. The van der Waals surface area contributed by atoms with Gasteiger partial charge < -0.3 is 4.74 Å². The van der Waals surface area contributed by atoms with Crippen LogP contribution in [0.4, 0.5) is 0 Å². The van der Waals surface area contributed by atoms with E-state index in [1.165, 1.54) is 19.3 Å². The molecule has 0 spiro atoms. The summed E-state index contributed by atoms with van der Waals surface area (Å²) in [6, 6.07) is 2.38. The second kappa shape index (κ2) is 5.13. The molecular formula is C12H25NO. The van der Waals surface area contributed by atoms with Gasteiger partial charge in [-0.3, -0.25) is 4.90 Å². The van der Waals surface area contributed by atoms with E-state index in [1.54, 1.807) is 0 Å². The lowest BCUT2D eigenvalue weighted by Gasteiger charge is -2.57. The Kier molecular flexibility index (Phi) is 4.39. The van der Waals surface area contributed by atoms with Gasteiger partial charge in [-0.2, -0.15) is 0 Å². The third-order valence-electron chi connectivity index (χ3n) is 3.39. The van der Waals surface area contributed by atoms with Crippen molar-refractivity contribution in [1.29, 1.82) is 0 Å². The molecule has 1 aliphatic carbocycles. The van der Waals surface area contributed by atoms with Gasteiger partial charge in [0, 0.05) is 25.2 Å². The van der Waals surface area contributed by atoms with Crippen LogP contribution in [0.3, 0.4) is 0 Å². The molecule has 3 aliphatic rings. The van der Waals surface area contributed by atoms with Crippen molar-refractivity contribution in [3.63, 3.8) is 0 Å². The summed E-state index contributed by atoms with van der Waals surface area (Å²) in [5.74, 6) is 0. The lowest BCUT2D eigenvalue weighted by molar-refractivity contribution is -0.108. The zero-order chi connectivity index (χ0) is 10.7. The highest BCUT2D eigenvalue weighted by Crippen LogP contribution is 2.40. The van der Waals surface area contributed by atoms with Gasteiger partial charge in [-0.05, 0) is 33.1 Å². The van der Waals surface area contributed by atoms with Crippen LogP contribution in [-0.4, -0.2) is 36.2 Å². The lowest BCUT2D eigenvalue weighted by atomic mass is 9.77. The molecule has 2 heterocycles. The first kappa shape index (κ1) is 12.0. The second-order valence-corrected chi connectivity index (χ2v) is 4.41. The normalized spacial score (nSPS) is 36.0. The second-order valence-electron chi connectivity index (χ2n) is 4.41. The monoisotopic (exact) mass is 199 g/mol. The third-order valence-corrected chi connectivity index (χ3v) is 3.39. The molecular weight excluding hydrogens is 174 g/mol. The first-order valence-electron chi connectivity index (χ1n) is 6.02. The maximum atomic E-state index is 5.39. The van der Waals surface area contributed by atoms with Crippen LogP contribution in [-0.2, 0) is 4.74 Å². The minimum absolute atomic E-state index is 0.545. The van der Waals surface area contributed by atoms with E-state index >= 15 is 0 Å². The molecule has 3 rings (SSSR count). The number of nitrogens with zero attached hydrogens (tertiary/aromatic N) is 1. The number of ether oxygens (including phenoxy) is 1. The number of hydrogen-bond donors (Lipinski definition) is 0. The largest absolute Gasteiger partial charge is 0.381 e. The Bertz CT molecular complexity index is 158. The molecule has 0 N–H and O–H groups in total. The van der Waals surface area contributed by atoms with Gasteiger partial charge in [0.15, 0.2) is 0 Å². The minimum atomic E-state index is 0.545. The molecule has 3 fully saturated rings. The Morgan fingerprint density at radius 2 is 1.57 bits per heavy atom. The number of hydrogen-bond acceptors (Lipinski definition) is 2. The molecule has 84 valence electrons. The smallest absolute Gasteiger partial charge is 0.0601 e. The van der Waals surface area contributed by atoms with Crippen molar-refractivity contribution in [1.82, 2.24) is 4.90 Å². The lowest BCUT2D eigenvalue weighted by Crippen LogP contribution is -2.64. The Morgan fingerprint density at radius 3 is 1.93 bits per heavy atom. The molecule has 2 aliphatic heterocycles. The molecule has 2 atom stereocenters. The first-order valence-corrected chi connectivity index (χ1v) is 6.02. The fourth-order valence-corrected chi connectivity index (χ4v) is 2.89. The van der Waals surface area contributed by atoms with E-state index in [0.717, 1.165) is 18.1 Å². The van der Waals surface area contributed by atoms with E-state index in [4.69, 9.17) is 4.74 Å². The minimum Gasteiger partial charge on any atom is -0.381 e. The number of rotatable bonds is 2. The Balaban J connectivity index is 0.000000461. The maximum Gasteiger partial charge on any atom is 0.0601 e. The third kappa shape index (κ3) is 2.12. The molecule has 2 saturated heterocycles. The van der Waals surface area contributed by atoms with E-state index < -0.39 is 0 Å². The van der Waals surface area contributed by atoms with Crippen LogP contribution in [0.15, 0.2) is 0 Å². The quantitative estimate of drug-likeness (QED) is 0.678. The van der Waals surface area contributed by atoms with E-state index in [2.05, 4.69) is 18.7 Å². The highest BCUT2D eigenvalue weighted by Gasteiger charge is 2.46. The fraction of sp³-hybridized carbons (Fsp3) is 1.00. The van der Waals surface area contributed by atoms with Gasteiger partial charge in [-0.1, -0.05) is 13.8 Å². The van der Waals surface area contributed by atoms with Crippen LogP contribution >= 0.6 is 0 Å². The van der Waals surface area contributed by atoms with Gasteiger partial charge in [-0.25, -0.2) is 0 Å². The van der Waals surface area contributed by atoms with Crippen LogP contribution in [0.5, 0.6) is 0 Å². The number of methoxy groups -OCH3 is 1. The summed E-state index contributed by atoms with van der Waals surface area (Å²) < 4.78 is 5.39. The molecule has 0 amide bonds. The summed E-state index contributed by atoms with van der Waals surface area (Å²) in [6.45, 7) is 8.60. The highest BCUT2D eigenvalue weighted by atomic mass is 16.5. The molecule has 0 aromatic carbocycles. The summed E-state index contributed by atoms with van der Waals surface area (Å²) >= 11 is 0. The first-order chi connectivity index (χ1) is 6.72. The average Bonchev–Trinajstić information content (AvgIpc) is 2.20. The van der Waals surface area contributed by atoms with Crippen LogP contribution < -0.4 is 0 Å². The Labute approximate surface area is 88.6 Å². The van der Waals surface area contributed by atoms with Crippen molar-refractivity contribution in [2.45, 2.75) is 71.2 Å². The molecule has 2 bridgehead atoms. The summed E-state index contributed by atoms with van der Waals surface area (Å²) in [5.41, 5.74) is 0. The van der Waals surface area contributed by atoms with Gasteiger partial charge >= 0.3 is 0 Å². The van der Waals surface area contributed by atoms with Crippen molar-refractivity contribution in [2.24, 2.45) is 0 Å². The number of fused-ring (bicyclic) bond motifs is 2. The van der Waals surface area contributed by atoms with Crippen LogP contribution in [0, 0.1) is 0 Å². The van der Waals surface area contributed by atoms with E-state index in [-0.39, 0.29) is 0 Å². The zero-order valence-corrected chi connectivity index (χ0v) is 10.3. The zero-order valence-electron chi connectivity index (χ0n) is 10.3. The van der Waals surface area contributed by atoms with Gasteiger partial charge in [0.1, 0.15) is 0 Å². The predicted molar refractivity (Wildman–Crippen MR) is 60.5 cm³/mol. The van der Waals surface area contributed by atoms with Gasteiger partial charge in [0.05, 0.1) is 6.10 Å². The molecule has 1 saturated carbocycles. The van der Waals surface area contributed by atoms with Gasteiger partial charge in [0.2, 0.25) is 0 Å². The molecule has 0 aromatic rings. The summed E-state index contributed by atoms with van der Waals surface area (Å²) in [7, 11) is 1.84. The fourth-order valence-electron chi connectivity index (χ4n) is 2.89. The van der Waals surface area contributed by atoms with Crippen molar-refractivity contribution in [3.8, 4) is 0 Å². The van der Waals surface area contributed by atoms with Gasteiger partial charge in [-0.15, -0.1) is 0 Å². The van der Waals surface area contributed by atoms with Crippen LogP contribution in [0.25, 0.3) is 0 Å². The summed E-state index contributed by atoms with van der Waals surface area (Å²) in [4.78, 5) is 2.65. The highest BCUT2D eigenvalue weighted by molar-refractivity contribution is 5.01. The molecule has 0 radical (unpaired) electrons. The topological polar surface area (TPSA) is 12.5 Å².